The van der Waals surface area contributed by atoms with Gasteiger partial charge >= 0.3 is 0 Å². The van der Waals surface area contributed by atoms with Gasteiger partial charge in [-0.25, -0.2) is 4.39 Å². The molecule has 1 aliphatic rings. The molecule has 1 N–H and O–H groups in total. The van der Waals surface area contributed by atoms with E-state index in [-0.39, 0.29) is 5.82 Å². The molecule has 0 amide bonds. The van der Waals surface area contributed by atoms with Gasteiger partial charge in [0, 0.05) is 12.6 Å². The summed E-state index contributed by atoms with van der Waals surface area (Å²) in [6, 6.07) is 6.83. The molecule has 0 bridgehead atoms. The Morgan fingerprint density at radius 3 is 2.40 bits per heavy atom. The van der Waals surface area contributed by atoms with E-state index < -0.39 is 6.10 Å². The number of hydrogen-bond donors (Lipinski definition) is 1. The maximum atomic E-state index is 12.8. The lowest BCUT2D eigenvalue weighted by atomic mass is 10.0. The summed E-state index contributed by atoms with van der Waals surface area (Å²) in [7, 11) is 4.28. The van der Waals surface area contributed by atoms with Crippen LogP contribution < -0.4 is 0 Å². The smallest absolute Gasteiger partial charge is 0.123 e. The lowest BCUT2D eigenvalue weighted by Crippen LogP contribution is -2.42. The van der Waals surface area contributed by atoms with Gasteiger partial charge in [-0.05, 0) is 64.1 Å². The summed E-state index contributed by atoms with van der Waals surface area (Å²) in [5.41, 5.74) is 0.801. The second kappa shape index (κ2) is 7.16. The first-order chi connectivity index (χ1) is 9.56. The van der Waals surface area contributed by atoms with E-state index in [1.54, 1.807) is 12.1 Å². The third-order valence-electron chi connectivity index (χ3n) is 4.26. The van der Waals surface area contributed by atoms with Gasteiger partial charge in [0.05, 0.1) is 6.10 Å². The number of benzene rings is 1. The first kappa shape index (κ1) is 15.4. The van der Waals surface area contributed by atoms with E-state index in [2.05, 4.69) is 23.9 Å². The van der Waals surface area contributed by atoms with Crippen molar-refractivity contribution in [3.8, 4) is 0 Å². The van der Waals surface area contributed by atoms with Gasteiger partial charge in [-0.2, -0.15) is 0 Å². The standard InChI is InChI=1S/C16H25FN2O/c1-18(2)15-7-10-19(11-8-15)12-9-16(20)13-3-5-14(17)6-4-13/h3-6,15-16,20H,7-12H2,1-2H3. The molecule has 3 nitrogen and oxygen atoms in total. The van der Waals surface area contributed by atoms with Crippen molar-refractivity contribution >= 4 is 0 Å². The fourth-order valence-corrected chi connectivity index (χ4v) is 2.82. The Bertz CT molecular complexity index is 399. The van der Waals surface area contributed by atoms with E-state index in [9.17, 15) is 9.50 Å². The van der Waals surface area contributed by atoms with E-state index in [1.807, 2.05) is 0 Å². The van der Waals surface area contributed by atoms with Crippen molar-refractivity contribution in [2.24, 2.45) is 0 Å². The summed E-state index contributed by atoms with van der Waals surface area (Å²) < 4.78 is 12.8. The molecular formula is C16H25FN2O. The summed E-state index contributed by atoms with van der Waals surface area (Å²) in [6.45, 7) is 3.09. The van der Waals surface area contributed by atoms with Gasteiger partial charge < -0.3 is 14.9 Å². The third kappa shape index (κ3) is 4.27. The largest absolute Gasteiger partial charge is 0.388 e. The zero-order valence-electron chi connectivity index (χ0n) is 12.4. The summed E-state index contributed by atoms with van der Waals surface area (Å²) in [6.07, 6.45) is 2.60. The van der Waals surface area contributed by atoms with Crippen LogP contribution in [0.3, 0.4) is 0 Å². The summed E-state index contributed by atoms with van der Waals surface area (Å²) >= 11 is 0. The Hall–Kier alpha value is -0.970. The Balaban J connectivity index is 1.74. The zero-order valence-corrected chi connectivity index (χ0v) is 12.4. The van der Waals surface area contributed by atoms with Crippen molar-refractivity contribution in [1.29, 1.82) is 0 Å². The molecule has 1 fully saturated rings. The highest BCUT2D eigenvalue weighted by Crippen LogP contribution is 2.19. The van der Waals surface area contributed by atoms with Crippen LogP contribution in [0.4, 0.5) is 4.39 Å². The first-order valence-electron chi connectivity index (χ1n) is 7.38. The number of hydrogen-bond acceptors (Lipinski definition) is 3. The molecule has 2 rings (SSSR count). The molecule has 1 heterocycles. The van der Waals surface area contributed by atoms with Crippen LogP contribution in [0.1, 0.15) is 30.9 Å². The maximum absolute atomic E-state index is 12.8. The van der Waals surface area contributed by atoms with Crippen LogP contribution in [0.25, 0.3) is 0 Å². The predicted molar refractivity (Wildman–Crippen MR) is 79.1 cm³/mol. The van der Waals surface area contributed by atoms with Crippen LogP contribution in [0.2, 0.25) is 0 Å². The lowest BCUT2D eigenvalue weighted by Gasteiger charge is -2.35. The molecular weight excluding hydrogens is 255 g/mol. The number of aliphatic hydroxyl groups excluding tert-OH is 1. The molecule has 0 spiro atoms. The molecule has 4 heteroatoms. The van der Waals surface area contributed by atoms with Gasteiger partial charge in [0.1, 0.15) is 5.82 Å². The van der Waals surface area contributed by atoms with Crippen molar-refractivity contribution in [2.75, 3.05) is 33.7 Å². The third-order valence-corrected chi connectivity index (χ3v) is 4.26. The van der Waals surface area contributed by atoms with Gasteiger partial charge in [0.25, 0.3) is 0 Å². The molecule has 0 aliphatic carbocycles. The minimum Gasteiger partial charge on any atom is -0.388 e. The van der Waals surface area contributed by atoms with Gasteiger partial charge in [-0.1, -0.05) is 12.1 Å². The highest BCUT2D eigenvalue weighted by molar-refractivity contribution is 5.18. The fourth-order valence-electron chi connectivity index (χ4n) is 2.82. The van der Waals surface area contributed by atoms with Crippen LogP contribution in [-0.2, 0) is 0 Å². The van der Waals surface area contributed by atoms with E-state index in [1.165, 1.54) is 25.0 Å². The summed E-state index contributed by atoms with van der Waals surface area (Å²) in [4.78, 5) is 4.71. The summed E-state index contributed by atoms with van der Waals surface area (Å²) in [5.74, 6) is -0.258. The van der Waals surface area contributed by atoms with Crippen LogP contribution in [0.5, 0.6) is 0 Å². The van der Waals surface area contributed by atoms with E-state index >= 15 is 0 Å². The molecule has 1 atom stereocenters. The SMILES string of the molecule is CN(C)C1CCN(CCC(O)c2ccc(F)cc2)CC1. The van der Waals surface area contributed by atoms with E-state index in [0.717, 1.165) is 25.2 Å². The van der Waals surface area contributed by atoms with Crippen molar-refractivity contribution < 1.29 is 9.50 Å². The normalized spacial score (nSPS) is 19.4. The Morgan fingerprint density at radius 1 is 1.25 bits per heavy atom. The van der Waals surface area contributed by atoms with Crippen LogP contribution in [0, 0.1) is 5.82 Å². The predicted octanol–water partition coefficient (Wildman–Crippen LogP) is 2.28. The first-order valence-corrected chi connectivity index (χ1v) is 7.38. The molecule has 1 aromatic carbocycles. The van der Waals surface area contributed by atoms with Crippen LogP contribution in [-0.4, -0.2) is 54.7 Å². The van der Waals surface area contributed by atoms with Crippen molar-refractivity contribution in [2.45, 2.75) is 31.4 Å². The molecule has 1 aromatic rings. The Labute approximate surface area is 121 Å². The molecule has 0 aromatic heterocycles. The minimum absolute atomic E-state index is 0.258. The Kier molecular flexibility index (Phi) is 5.52. The summed E-state index contributed by atoms with van der Waals surface area (Å²) in [5, 5.41) is 10.1. The minimum atomic E-state index is -0.498. The number of nitrogens with zero attached hydrogens (tertiary/aromatic N) is 2. The number of halogens is 1. The quantitative estimate of drug-likeness (QED) is 0.896. The number of likely N-dealkylation sites (tertiary alicyclic amines) is 1. The molecule has 0 saturated carbocycles. The second-order valence-corrected chi connectivity index (χ2v) is 5.89. The van der Waals surface area contributed by atoms with Crippen LogP contribution in [0.15, 0.2) is 24.3 Å². The average molecular weight is 280 g/mol. The van der Waals surface area contributed by atoms with Gasteiger partial charge in [0.2, 0.25) is 0 Å². The highest BCUT2D eigenvalue weighted by atomic mass is 19.1. The fraction of sp³-hybridized carbons (Fsp3) is 0.625. The van der Waals surface area contributed by atoms with Gasteiger partial charge in [0.15, 0.2) is 0 Å². The number of piperidine rings is 1. The lowest BCUT2D eigenvalue weighted by molar-refractivity contribution is 0.110. The monoisotopic (exact) mass is 280 g/mol. The topological polar surface area (TPSA) is 26.7 Å². The molecule has 1 unspecified atom stereocenters. The van der Waals surface area contributed by atoms with Gasteiger partial charge in [-0.15, -0.1) is 0 Å². The highest BCUT2D eigenvalue weighted by Gasteiger charge is 2.21. The molecule has 1 saturated heterocycles. The number of aliphatic hydroxyl groups is 1. The average Bonchev–Trinajstić information content (AvgIpc) is 2.46. The number of rotatable bonds is 5. The van der Waals surface area contributed by atoms with Gasteiger partial charge in [-0.3, -0.25) is 0 Å². The van der Waals surface area contributed by atoms with E-state index in [4.69, 9.17) is 0 Å². The molecule has 20 heavy (non-hydrogen) atoms. The second-order valence-electron chi connectivity index (χ2n) is 5.89. The van der Waals surface area contributed by atoms with Crippen molar-refractivity contribution in [1.82, 2.24) is 9.80 Å². The Morgan fingerprint density at radius 2 is 1.85 bits per heavy atom. The molecule has 112 valence electrons. The van der Waals surface area contributed by atoms with E-state index in [0.29, 0.717) is 12.5 Å². The van der Waals surface area contributed by atoms with Crippen molar-refractivity contribution in [3.63, 3.8) is 0 Å². The van der Waals surface area contributed by atoms with Crippen molar-refractivity contribution in [3.05, 3.63) is 35.6 Å². The molecule has 0 radical (unpaired) electrons. The maximum Gasteiger partial charge on any atom is 0.123 e. The van der Waals surface area contributed by atoms with Crippen LogP contribution >= 0.6 is 0 Å². The zero-order chi connectivity index (χ0) is 14.5. The molecule has 1 aliphatic heterocycles.